The lowest BCUT2D eigenvalue weighted by Crippen LogP contribution is -2.24. The van der Waals surface area contributed by atoms with Crippen LogP contribution in [0.4, 0.5) is 0 Å². The van der Waals surface area contributed by atoms with E-state index in [1.165, 1.54) is 0 Å². The van der Waals surface area contributed by atoms with Gasteiger partial charge in [-0.15, -0.1) is 0 Å². The first-order valence-corrected chi connectivity index (χ1v) is 8.30. The van der Waals surface area contributed by atoms with Crippen molar-refractivity contribution in [2.75, 3.05) is 6.61 Å². The molecule has 1 aromatic carbocycles. The van der Waals surface area contributed by atoms with Crippen LogP contribution in [0.3, 0.4) is 0 Å². The lowest BCUT2D eigenvalue weighted by Gasteiger charge is -2.24. The second-order valence-corrected chi connectivity index (χ2v) is 5.84. The molecule has 0 heterocycles. The van der Waals surface area contributed by atoms with E-state index < -0.39 is 0 Å². The van der Waals surface area contributed by atoms with E-state index in [-0.39, 0.29) is 17.5 Å². The smallest absolute Gasteiger partial charge is 0.168 e. The first kappa shape index (κ1) is 17.9. The van der Waals surface area contributed by atoms with E-state index in [0.717, 1.165) is 18.3 Å². The number of aldehydes is 1. The van der Waals surface area contributed by atoms with Gasteiger partial charge in [0.15, 0.2) is 5.78 Å². The van der Waals surface area contributed by atoms with E-state index in [1.54, 1.807) is 12.1 Å². The van der Waals surface area contributed by atoms with Crippen LogP contribution in [-0.2, 0) is 9.63 Å². The zero-order valence-electron chi connectivity index (χ0n) is 14.1. The summed E-state index contributed by atoms with van der Waals surface area (Å²) in [5, 5.41) is 14.5. The van der Waals surface area contributed by atoms with Crippen molar-refractivity contribution >= 4 is 17.8 Å². The first-order chi connectivity index (χ1) is 11.6. The van der Waals surface area contributed by atoms with Gasteiger partial charge in [-0.25, -0.2) is 0 Å². The van der Waals surface area contributed by atoms with Gasteiger partial charge >= 0.3 is 0 Å². The number of carbonyl (C=O) groups excluding carboxylic acids is 2. The molecule has 0 spiro atoms. The normalized spacial score (nSPS) is 18.7. The number of carbonyl (C=O) groups is 2. The highest BCUT2D eigenvalue weighted by molar-refractivity contribution is 6.23. The second kappa shape index (κ2) is 8.43. The molecule has 0 amide bonds. The number of benzene rings is 1. The number of oxime groups is 1. The third-order valence-corrected chi connectivity index (χ3v) is 4.06. The Morgan fingerprint density at radius 3 is 2.54 bits per heavy atom. The summed E-state index contributed by atoms with van der Waals surface area (Å²) in [5.74, 6) is -0.130. The lowest BCUT2D eigenvalue weighted by atomic mass is 9.80. The number of hydrogen-bond acceptors (Lipinski definition) is 5. The highest BCUT2D eigenvalue weighted by Crippen LogP contribution is 2.34. The monoisotopic (exact) mass is 329 g/mol. The van der Waals surface area contributed by atoms with Crippen LogP contribution in [0, 0.1) is 0 Å². The number of hydrogen-bond donors (Lipinski definition) is 1. The van der Waals surface area contributed by atoms with Crippen molar-refractivity contribution in [1.82, 2.24) is 0 Å². The van der Waals surface area contributed by atoms with Gasteiger partial charge in [-0.3, -0.25) is 9.59 Å². The highest BCUT2D eigenvalue weighted by Gasteiger charge is 2.31. The second-order valence-electron chi connectivity index (χ2n) is 5.84. The predicted octanol–water partition coefficient (Wildman–Crippen LogP) is 3.95. The van der Waals surface area contributed by atoms with Crippen molar-refractivity contribution in [1.29, 1.82) is 0 Å². The minimum Gasteiger partial charge on any atom is -0.511 e. The molecule has 0 radical (unpaired) electrons. The summed E-state index contributed by atoms with van der Waals surface area (Å²) in [5.41, 5.74) is 2.37. The molecule has 1 atom stereocenters. The number of rotatable bonds is 7. The summed E-state index contributed by atoms with van der Waals surface area (Å²) in [4.78, 5) is 28.4. The number of aliphatic hydroxyl groups is 1. The third-order valence-electron chi connectivity index (χ3n) is 4.06. The van der Waals surface area contributed by atoms with E-state index in [2.05, 4.69) is 5.16 Å². The van der Waals surface area contributed by atoms with Crippen LogP contribution >= 0.6 is 0 Å². The fourth-order valence-corrected chi connectivity index (χ4v) is 2.90. The van der Waals surface area contributed by atoms with Crippen molar-refractivity contribution in [3.63, 3.8) is 0 Å². The average molecular weight is 329 g/mol. The van der Waals surface area contributed by atoms with E-state index >= 15 is 0 Å². The summed E-state index contributed by atoms with van der Waals surface area (Å²) in [6.07, 6.45) is 2.88. The van der Waals surface area contributed by atoms with E-state index in [9.17, 15) is 14.7 Å². The van der Waals surface area contributed by atoms with Crippen LogP contribution in [0.2, 0.25) is 0 Å². The summed E-state index contributed by atoms with van der Waals surface area (Å²) in [6, 6.07) is 7.12. The Kier molecular flexibility index (Phi) is 6.29. The lowest BCUT2D eigenvalue weighted by molar-refractivity contribution is -0.116. The fourth-order valence-electron chi connectivity index (χ4n) is 2.90. The molecule has 2 rings (SSSR count). The van der Waals surface area contributed by atoms with E-state index in [4.69, 9.17) is 4.84 Å². The van der Waals surface area contributed by atoms with Crippen molar-refractivity contribution in [2.24, 2.45) is 5.16 Å². The Morgan fingerprint density at radius 2 is 2.00 bits per heavy atom. The first-order valence-electron chi connectivity index (χ1n) is 8.30. The molecule has 5 nitrogen and oxygen atoms in total. The average Bonchev–Trinajstić information content (AvgIpc) is 2.59. The Bertz CT molecular complexity index is 658. The largest absolute Gasteiger partial charge is 0.511 e. The van der Waals surface area contributed by atoms with Gasteiger partial charge in [-0.05, 0) is 24.8 Å². The number of aliphatic hydroxyl groups excluding tert-OH is 1. The third kappa shape index (κ3) is 4.10. The van der Waals surface area contributed by atoms with Gasteiger partial charge in [0.1, 0.15) is 18.7 Å². The highest BCUT2D eigenvalue weighted by atomic mass is 16.6. The zero-order chi connectivity index (χ0) is 17.5. The van der Waals surface area contributed by atoms with Crippen molar-refractivity contribution in [2.45, 2.75) is 45.4 Å². The number of allylic oxidation sites excluding steroid dienone is 2. The molecule has 0 fully saturated rings. The van der Waals surface area contributed by atoms with Gasteiger partial charge in [0.05, 0.1) is 11.3 Å². The van der Waals surface area contributed by atoms with Crippen LogP contribution in [0.15, 0.2) is 40.8 Å². The topological polar surface area (TPSA) is 76.0 Å². The summed E-state index contributed by atoms with van der Waals surface area (Å²) < 4.78 is 0. The number of Topliss-reactive ketones (excluding diaryl/α,β-unsaturated/α-hetero) is 1. The SMILES string of the molecule is CCC/C(=N\OCC)C1=C(O)CC(c2ccc(C=O)cc2)CC1=O. The van der Waals surface area contributed by atoms with Crippen molar-refractivity contribution in [3.05, 3.63) is 46.7 Å². The maximum Gasteiger partial charge on any atom is 0.168 e. The maximum atomic E-state index is 12.6. The molecule has 1 aliphatic rings. The number of nitrogens with zero attached hydrogens (tertiary/aromatic N) is 1. The Labute approximate surface area is 142 Å². The standard InChI is InChI=1S/C19H23NO4/c1-3-5-16(20-24-4-2)19-17(22)10-15(11-18(19)23)14-8-6-13(12-21)7-9-14/h6-9,12,15,22H,3-5,10-11H2,1-2H3/b20-16+. The molecule has 0 saturated carbocycles. The zero-order valence-corrected chi connectivity index (χ0v) is 14.1. The van der Waals surface area contributed by atoms with Gasteiger partial charge in [-0.1, -0.05) is 42.8 Å². The van der Waals surface area contributed by atoms with E-state index in [1.807, 2.05) is 26.0 Å². The van der Waals surface area contributed by atoms with Gasteiger partial charge in [0, 0.05) is 18.4 Å². The minimum absolute atomic E-state index is 0.0719. The molecule has 1 unspecified atom stereocenters. The summed E-state index contributed by atoms with van der Waals surface area (Å²) in [6.45, 7) is 4.23. The fraction of sp³-hybridized carbons (Fsp3) is 0.421. The van der Waals surface area contributed by atoms with Crippen molar-refractivity contribution < 1.29 is 19.5 Å². The molecule has 0 aliphatic heterocycles. The van der Waals surface area contributed by atoms with Crippen LogP contribution in [0.25, 0.3) is 0 Å². The molecular weight excluding hydrogens is 306 g/mol. The van der Waals surface area contributed by atoms with Crippen LogP contribution in [0.5, 0.6) is 0 Å². The van der Waals surface area contributed by atoms with Crippen LogP contribution in [0.1, 0.15) is 61.4 Å². The number of ketones is 1. The van der Waals surface area contributed by atoms with Crippen molar-refractivity contribution in [3.8, 4) is 0 Å². The van der Waals surface area contributed by atoms with Gasteiger partial charge in [-0.2, -0.15) is 0 Å². The molecule has 5 heteroatoms. The van der Waals surface area contributed by atoms with Gasteiger partial charge < -0.3 is 9.94 Å². The molecule has 0 bridgehead atoms. The molecule has 1 aromatic rings. The maximum absolute atomic E-state index is 12.6. The molecule has 1 aliphatic carbocycles. The predicted molar refractivity (Wildman–Crippen MR) is 92.4 cm³/mol. The molecule has 128 valence electrons. The van der Waals surface area contributed by atoms with E-state index in [0.29, 0.717) is 42.7 Å². The molecule has 1 N–H and O–H groups in total. The Morgan fingerprint density at radius 1 is 1.29 bits per heavy atom. The van der Waals surface area contributed by atoms with Crippen LogP contribution in [-0.4, -0.2) is 29.5 Å². The Hall–Kier alpha value is -2.43. The summed E-state index contributed by atoms with van der Waals surface area (Å²) >= 11 is 0. The van der Waals surface area contributed by atoms with Gasteiger partial charge in [0.25, 0.3) is 0 Å². The summed E-state index contributed by atoms with van der Waals surface area (Å²) in [7, 11) is 0. The van der Waals surface area contributed by atoms with Gasteiger partial charge in [0.2, 0.25) is 0 Å². The molecule has 24 heavy (non-hydrogen) atoms. The molecular formula is C19H23NO4. The quantitative estimate of drug-likeness (QED) is 0.467. The van der Waals surface area contributed by atoms with Crippen LogP contribution < -0.4 is 0 Å². The minimum atomic E-state index is -0.116. The Balaban J connectivity index is 2.26. The molecule has 0 aromatic heterocycles. The molecule has 0 saturated heterocycles.